The van der Waals surface area contributed by atoms with Crippen LogP contribution in [0.15, 0.2) is 12.7 Å². The number of hydrogen-bond acceptors (Lipinski definition) is 6. The lowest BCUT2D eigenvalue weighted by molar-refractivity contribution is -0.238. The van der Waals surface area contributed by atoms with Gasteiger partial charge in [0.1, 0.15) is 24.4 Å². The number of aliphatic hydroxyl groups excluding tert-OH is 4. The molecule has 1 rings (SSSR count). The molecule has 0 aromatic rings. The molecule has 0 spiro atoms. The molecular weight excluding hydrogens is 240 g/mol. The van der Waals surface area contributed by atoms with Crippen LogP contribution in [0.1, 0.15) is 19.8 Å². The lowest BCUT2D eigenvalue weighted by Crippen LogP contribution is -2.59. The van der Waals surface area contributed by atoms with Crippen molar-refractivity contribution in [1.82, 2.24) is 0 Å². The Kier molecular flexibility index (Phi) is 5.27. The first-order chi connectivity index (χ1) is 8.32. The third kappa shape index (κ3) is 3.50. The van der Waals surface area contributed by atoms with Gasteiger partial charge in [-0.2, -0.15) is 0 Å². The van der Waals surface area contributed by atoms with Crippen molar-refractivity contribution in [2.24, 2.45) is 0 Å². The summed E-state index contributed by atoms with van der Waals surface area (Å²) in [5, 5.41) is 48.1. The van der Waals surface area contributed by atoms with Crippen LogP contribution in [0, 0.1) is 0 Å². The highest BCUT2D eigenvalue weighted by atomic mass is 16.5. The third-order valence-corrected chi connectivity index (χ3v) is 3.22. The summed E-state index contributed by atoms with van der Waals surface area (Å²) in [5.41, 5.74) is -1.13. The maximum atomic E-state index is 10.0. The van der Waals surface area contributed by atoms with Gasteiger partial charge in [0.15, 0.2) is 0 Å². The topological polar surface area (TPSA) is 110 Å². The van der Waals surface area contributed by atoms with Gasteiger partial charge < -0.3 is 30.3 Å². The highest BCUT2D eigenvalue weighted by Gasteiger charge is 2.45. The molecule has 0 bridgehead atoms. The fourth-order valence-corrected chi connectivity index (χ4v) is 2.17. The van der Waals surface area contributed by atoms with Gasteiger partial charge in [0.05, 0.1) is 18.3 Å². The molecule has 0 amide bonds. The molecule has 18 heavy (non-hydrogen) atoms. The van der Waals surface area contributed by atoms with Crippen LogP contribution >= 0.6 is 0 Å². The minimum Gasteiger partial charge on any atom is -0.394 e. The molecule has 1 fully saturated rings. The van der Waals surface area contributed by atoms with Gasteiger partial charge in [0.2, 0.25) is 0 Å². The van der Waals surface area contributed by atoms with Gasteiger partial charge in [0, 0.05) is 6.42 Å². The normalized spacial score (nSPS) is 40.2. The highest BCUT2D eigenvalue weighted by molar-refractivity contribution is 4.95. The Hall–Kier alpha value is -0.500. The Balaban J connectivity index is 2.73. The Morgan fingerprint density at radius 3 is 2.22 bits per heavy atom. The summed E-state index contributed by atoms with van der Waals surface area (Å²) in [6.45, 7) is 4.62. The summed E-state index contributed by atoms with van der Waals surface area (Å²) >= 11 is 0. The van der Waals surface area contributed by atoms with E-state index in [1.165, 1.54) is 0 Å². The Morgan fingerprint density at radius 2 is 1.72 bits per heavy atom. The van der Waals surface area contributed by atoms with Crippen LogP contribution in [0.5, 0.6) is 0 Å². The fourth-order valence-electron chi connectivity index (χ4n) is 2.17. The van der Waals surface area contributed by atoms with E-state index >= 15 is 0 Å². The summed E-state index contributed by atoms with van der Waals surface area (Å²) in [5.74, 6) is 0. The van der Waals surface area contributed by atoms with E-state index in [0.29, 0.717) is 6.42 Å². The van der Waals surface area contributed by atoms with Gasteiger partial charge >= 0.3 is 0 Å². The molecule has 1 heterocycles. The minimum absolute atomic E-state index is 0.0699. The maximum Gasteiger partial charge on any atom is 0.111 e. The molecule has 6 heteroatoms. The van der Waals surface area contributed by atoms with Crippen molar-refractivity contribution in [2.75, 3.05) is 6.61 Å². The van der Waals surface area contributed by atoms with E-state index in [1.807, 2.05) is 0 Å². The van der Waals surface area contributed by atoms with Crippen molar-refractivity contribution in [3.05, 3.63) is 12.7 Å². The van der Waals surface area contributed by atoms with Crippen LogP contribution in [0.3, 0.4) is 0 Å². The molecule has 0 aliphatic carbocycles. The van der Waals surface area contributed by atoms with E-state index in [0.717, 1.165) is 0 Å². The summed E-state index contributed by atoms with van der Waals surface area (Å²) in [7, 11) is 0. The quantitative estimate of drug-likeness (QED) is 0.388. The van der Waals surface area contributed by atoms with Crippen LogP contribution in [-0.2, 0) is 4.74 Å². The second kappa shape index (κ2) is 6.10. The number of ether oxygens (including phenoxy) is 1. The summed E-state index contributed by atoms with van der Waals surface area (Å²) < 4.78 is 5.31. The smallest absolute Gasteiger partial charge is 0.111 e. The third-order valence-electron chi connectivity index (χ3n) is 3.22. The SMILES string of the molecule is C=CCC(C)(O)C[C@@H]1O[C@H](CO)[C@@H](O)[C@H](O)[C@H]1O. The molecule has 1 aliphatic heterocycles. The number of hydrogen-bond donors (Lipinski definition) is 5. The Labute approximate surface area is 106 Å². The van der Waals surface area contributed by atoms with Crippen molar-refractivity contribution < 1.29 is 30.3 Å². The second-order valence-electron chi connectivity index (χ2n) is 5.06. The average Bonchev–Trinajstić information content (AvgIpc) is 2.29. The van der Waals surface area contributed by atoms with Gasteiger partial charge in [-0.05, 0) is 13.3 Å². The summed E-state index contributed by atoms with van der Waals surface area (Å²) in [6, 6.07) is 0. The van der Waals surface area contributed by atoms with E-state index in [4.69, 9.17) is 9.84 Å². The fraction of sp³-hybridized carbons (Fsp3) is 0.833. The molecule has 1 aliphatic rings. The lowest BCUT2D eigenvalue weighted by atomic mass is 9.87. The molecular formula is C12H22O6. The summed E-state index contributed by atoms with van der Waals surface area (Å²) in [6.07, 6.45) is -3.94. The number of aliphatic hydroxyl groups is 5. The lowest BCUT2D eigenvalue weighted by Gasteiger charge is -2.42. The largest absolute Gasteiger partial charge is 0.394 e. The van der Waals surface area contributed by atoms with Crippen LogP contribution in [0.25, 0.3) is 0 Å². The molecule has 0 aromatic heterocycles. The van der Waals surface area contributed by atoms with Crippen molar-refractivity contribution in [3.63, 3.8) is 0 Å². The molecule has 0 saturated carbocycles. The van der Waals surface area contributed by atoms with Crippen molar-refractivity contribution in [1.29, 1.82) is 0 Å². The molecule has 1 unspecified atom stereocenters. The first-order valence-electron chi connectivity index (χ1n) is 5.96. The molecule has 106 valence electrons. The van der Waals surface area contributed by atoms with Gasteiger partial charge in [0.25, 0.3) is 0 Å². The van der Waals surface area contributed by atoms with E-state index < -0.39 is 42.7 Å². The van der Waals surface area contributed by atoms with Crippen molar-refractivity contribution >= 4 is 0 Å². The van der Waals surface area contributed by atoms with Crippen molar-refractivity contribution in [2.45, 2.75) is 55.9 Å². The molecule has 6 atom stereocenters. The molecule has 6 nitrogen and oxygen atoms in total. The van der Waals surface area contributed by atoms with Gasteiger partial charge in [-0.15, -0.1) is 6.58 Å². The van der Waals surface area contributed by atoms with Crippen LogP contribution in [-0.4, -0.2) is 68.3 Å². The van der Waals surface area contributed by atoms with Gasteiger partial charge in [-0.1, -0.05) is 6.08 Å². The molecule has 5 N–H and O–H groups in total. The zero-order valence-electron chi connectivity index (χ0n) is 10.4. The van der Waals surface area contributed by atoms with E-state index in [9.17, 15) is 20.4 Å². The predicted molar refractivity (Wildman–Crippen MR) is 63.8 cm³/mol. The zero-order chi connectivity index (χ0) is 13.9. The molecule has 1 saturated heterocycles. The van der Waals surface area contributed by atoms with E-state index in [1.54, 1.807) is 13.0 Å². The van der Waals surface area contributed by atoms with Crippen LogP contribution in [0.2, 0.25) is 0 Å². The first kappa shape index (κ1) is 15.6. The Bertz CT molecular complexity index is 278. The zero-order valence-corrected chi connectivity index (χ0v) is 10.4. The van der Waals surface area contributed by atoms with Gasteiger partial charge in [-0.3, -0.25) is 0 Å². The van der Waals surface area contributed by atoms with Gasteiger partial charge in [-0.25, -0.2) is 0 Å². The number of rotatable bonds is 5. The van der Waals surface area contributed by atoms with Crippen molar-refractivity contribution in [3.8, 4) is 0 Å². The molecule has 0 radical (unpaired) electrons. The van der Waals surface area contributed by atoms with Crippen LogP contribution in [0.4, 0.5) is 0 Å². The summed E-state index contributed by atoms with van der Waals surface area (Å²) in [4.78, 5) is 0. The second-order valence-corrected chi connectivity index (χ2v) is 5.06. The van der Waals surface area contributed by atoms with E-state index in [2.05, 4.69) is 6.58 Å². The maximum absolute atomic E-state index is 10.0. The molecule has 0 aromatic carbocycles. The average molecular weight is 262 g/mol. The standard InChI is InChI=1S/C12H22O6/c1-3-4-12(2,17)5-7-9(14)11(16)10(15)8(6-13)18-7/h3,7-11,13-17H,1,4-6H2,2H3/t7-,8+,9-,10+,11+,12?/m0/s1. The minimum atomic E-state index is -1.40. The predicted octanol–water partition coefficient (Wildman–Crippen LogP) is -1.45. The van der Waals surface area contributed by atoms with Crippen LogP contribution < -0.4 is 0 Å². The first-order valence-corrected chi connectivity index (χ1v) is 5.96. The van der Waals surface area contributed by atoms with E-state index in [-0.39, 0.29) is 6.42 Å². The Morgan fingerprint density at radius 1 is 1.17 bits per heavy atom. The monoisotopic (exact) mass is 262 g/mol. The highest BCUT2D eigenvalue weighted by Crippen LogP contribution is 2.28.